The third kappa shape index (κ3) is 4.37. The van der Waals surface area contributed by atoms with Gasteiger partial charge in [-0.15, -0.1) is 0 Å². The van der Waals surface area contributed by atoms with Crippen LogP contribution in [0.5, 0.6) is 5.75 Å². The molecule has 0 saturated heterocycles. The Morgan fingerprint density at radius 1 is 0.968 bits per heavy atom. The van der Waals surface area contributed by atoms with Crippen molar-refractivity contribution in [2.24, 2.45) is 0 Å². The van der Waals surface area contributed by atoms with Crippen LogP contribution in [0, 0.1) is 0 Å². The summed E-state index contributed by atoms with van der Waals surface area (Å²) < 4.78 is 46.1. The normalized spacial score (nSPS) is 11.6. The number of nitrogens with zero attached hydrogens (tertiary/aromatic N) is 2. The number of carbonyl (C=O) groups is 1. The quantitative estimate of drug-likeness (QED) is 0.450. The molecule has 0 amide bonds. The third-order valence-electron chi connectivity index (χ3n) is 4.83. The van der Waals surface area contributed by atoms with Crippen LogP contribution in [0.25, 0.3) is 11.0 Å². The van der Waals surface area contributed by atoms with Gasteiger partial charge in [0.05, 0.1) is 16.6 Å². The number of aromatic nitrogens is 2. The van der Waals surface area contributed by atoms with Gasteiger partial charge in [0, 0.05) is 6.54 Å². The Labute approximate surface area is 175 Å². The lowest BCUT2D eigenvalue weighted by atomic mass is 10.1. The maximum absolute atomic E-state index is 12.8. The van der Waals surface area contributed by atoms with Crippen LogP contribution in [0.4, 0.5) is 13.2 Å². The van der Waals surface area contributed by atoms with Gasteiger partial charge in [0.1, 0.15) is 23.7 Å². The molecule has 0 bridgehead atoms. The summed E-state index contributed by atoms with van der Waals surface area (Å²) in [5, 5.41) is 9.33. The molecule has 0 radical (unpaired) electrons. The summed E-state index contributed by atoms with van der Waals surface area (Å²) in [6.45, 7) is 0.289. The van der Waals surface area contributed by atoms with Crippen LogP contribution in [0.3, 0.4) is 0 Å². The number of halogens is 3. The van der Waals surface area contributed by atoms with Crippen LogP contribution in [-0.4, -0.2) is 20.6 Å². The topological polar surface area (TPSA) is 64.3 Å². The molecule has 5 nitrogen and oxygen atoms in total. The van der Waals surface area contributed by atoms with Gasteiger partial charge in [-0.1, -0.05) is 36.4 Å². The highest BCUT2D eigenvalue weighted by atomic mass is 19.4. The number of alkyl halides is 3. The lowest BCUT2D eigenvalue weighted by Gasteiger charge is -2.13. The minimum Gasteiger partial charge on any atom is -0.485 e. The number of benzene rings is 3. The fourth-order valence-corrected chi connectivity index (χ4v) is 3.31. The maximum Gasteiger partial charge on any atom is 0.416 e. The first-order valence-corrected chi connectivity index (χ1v) is 9.38. The summed E-state index contributed by atoms with van der Waals surface area (Å²) >= 11 is 0. The second-order valence-electron chi connectivity index (χ2n) is 6.89. The van der Waals surface area contributed by atoms with E-state index in [2.05, 4.69) is 4.98 Å². The summed E-state index contributed by atoms with van der Waals surface area (Å²) in [6.07, 6.45) is -4.39. The largest absolute Gasteiger partial charge is 0.485 e. The van der Waals surface area contributed by atoms with E-state index in [9.17, 15) is 23.1 Å². The van der Waals surface area contributed by atoms with Gasteiger partial charge in [-0.2, -0.15) is 13.2 Å². The summed E-state index contributed by atoms with van der Waals surface area (Å²) in [4.78, 5) is 16.0. The highest BCUT2D eigenvalue weighted by molar-refractivity contribution is 5.90. The second kappa shape index (κ2) is 8.14. The van der Waals surface area contributed by atoms with E-state index in [1.165, 1.54) is 18.2 Å². The number of carboxylic acid groups (broad SMARTS) is 1. The average molecular weight is 426 g/mol. The highest BCUT2D eigenvalue weighted by Crippen LogP contribution is 2.29. The first-order chi connectivity index (χ1) is 14.8. The minimum absolute atomic E-state index is 0.000389. The first-order valence-electron chi connectivity index (χ1n) is 9.38. The average Bonchev–Trinajstić information content (AvgIpc) is 3.09. The van der Waals surface area contributed by atoms with Crippen molar-refractivity contribution in [2.75, 3.05) is 0 Å². The lowest BCUT2D eigenvalue weighted by Crippen LogP contribution is -2.10. The second-order valence-corrected chi connectivity index (χ2v) is 6.89. The molecule has 8 heteroatoms. The van der Waals surface area contributed by atoms with Gasteiger partial charge in [0.15, 0.2) is 0 Å². The van der Waals surface area contributed by atoms with Crippen molar-refractivity contribution in [3.63, 3.8) is 0 Å². The number of para-hydroxylation sites is 3. The number of carboxylic acids is 1. The first kappa shape index (κ1) is 20.5. The zero-order valence-corrected chi connectivity index (χ0v) is 16.1. The molecule has 0 spiro atoms. The Morgan fingerprint density at radius 3 is 2.35 bits per heavy atom. The molecule has 0 aliphatic rings. The van der Waals surface area contributed by atoms with Crippen LogP contribution < -0.4 is 4.74 Å². The van der Waals surface area contributed by atoms with Crippen LogP contribution >= 0.6 is 0 Å². The molecule has 0 atom stereocenters. The summed E-state index contributed by atoms with van der Waals surface area (Å²) in [5.74, 6) is -0.363. The highest BCUT2D eigenvalue weighted by Gasteiger charge is 2.30. The molecule has 31 heavy (non-hydrogen) atoms. The maximum atomic E-state index is 12.8. The molecule has 1 N–H and O–H groups in total. The van der Waals surface area contributed by atoms with E-state index in [0.29, 0.717) is 16.9 Å². The lowest BCUT2D eigenvalue weighted by molar-refractivity contribution is -0.137. The molecule has 0 aliphatic heterocycles. The zero-order valence-electron chi connectivity index (χ0n) is 16.1. The molecule has 3 aromatic carbocycles. The van der Waals surface area contributed by atoms with Crippen molar-refractivity contribution < 1.29 is 27.8 Å². The molecule has 158 valence electrons. The predicted octanol–water partition coefficient (Wildman–Crippen LogP) is 5.38. The molecular formula is C23H17F3N2O3. The van der Waals surface area contributed by atoms with Gasteiger partial charge in [-0.25, -0.2) is 9.78 Å². The van der Waals surface area contributed by atoms with Crippen molar-refractivity contribution >= 4 is 17.0 Å². The number of imidazole rings is 1. The van der Waals surface area contributed by atoms with Gasteiger partial charge in [0.25, 0.3) is 0 Å². The molecule has 1 heterocycles. The van der Waals surface area contributed by atoms with Crippen LogP contribution in [0.1, 0.15) is 27.3 Å². The Morgan fingerprint density at radius 2 is 1.65 bits per heavy atom. The molecule has 0 fully saturated rings. The van der Waals surface area contributed by atoms with Crippen molar-refractivity contribution in [1.29, 1.82) is 0 Å². The minimum atomic E-state index is -4.39. The van der Waals surface area contributed by atoms with Crippen LogP contribution in [0.2, 0.25) is 0 Å². The van der Waals surface area contributed by atoms with E-state index >= 15 is 0 Å². The van der Waals surface area contributed by atoms with E-state index < -0.39 is 17.7 Å². The molecule has 4 rings (SSSR count). The number of hydrogen-bond donors (Lipinski definition) is 1. The molecule has 1 aromatic heterocycles. The van der Waals surface area contributed by atoms with Gasteiger partial charge < -0.3 is 14.4 Å². The van der Waals surface area contributed by atoms with Gasteiger partial charge in [-0.05, 0) is 42.0 Å². The number of aromatic carboxylic acids is 1. The van der Waals surface area contributed by atoms with E-state index in [1.807, 2.05) is 28.8 Å². The van der Waals surface area contributed by atoms with E-state index in [-0.39, 0.29) is 24.5 Å². The van der Waals surface area contributed by atoms with E-state index in [0.717, 1.165) is 17.6 Å². The van der Waals surface area contributed by atoms with E-state index in [4.69, 9.17) is 4.74 Å². The van der Waals surface area contributed by atoms with Crippen LogP contribution in [-0.2, 0) is 19.3 Å². The standard InChI is InChI=1S/C23H17F3N2O3/c24-23(25,26)16-11-9-15(10-12-16)13-28-19-7-3-2-6-18(19)27-21(28)14-31-20-8-4-1-5-17(20)22(29)30/h1-12H,13-14H2,(H,29,30). The Balaban J connectivity index is 1.64. The SMILES string of the molecule is O=C(O)c1ccccc1OCc1nc2ccccc2n1Cc1ccc(C(F)(F)F)cc1. The fourth-order valence-electron chi connectivity index (χ4n) is 3.31. The van der Waals surface area contributed by atoms with Gasteiger partial charge >= 0.3 is 12.1 Å². The molecule has 0 unspecified atom stereocenters. The van der Waals surface area contributed by atoms with Crippen molar-refractivity contribution in [1.82, 2.24) is 9.55 Å². The van der Waals surface area contributed by atoms with Crippen molar-refractivity contribution in [3.8, 4) is 5.75 Å². The predicted molar refractivity (Wildman–Crippen MR) is 108 cm³/mol. The molecule has 0 aliphatic carbocycles. The smallest absolute Gasteiger partial charge is 0.416 e. The Bertz CT molecular complexity index is 1230. The van der Waals surface area contributed by atoms with Crippen molar-refractivity contribution in [3.05, 3.63) is 95.3 Å². The zero-order chi connectivity index (χ0) is 22.0. The van der Waals surface area contributed by atoms with E-state index in [1.54, 1.807) is 18.2 Å². The fraction of sp³-hybridized carbons (Fsp3) is 0.130. The Kier molecular flexibility index (Phi) is 5.37. The summed E-state index contributed by atoms with van der Waals surface area (Å²) in [5.41, 5.74) is 1.50. The summed E-state index contributed by atoms with van der Waals surface area (Å²) in [7, 11) is 0. The van der Waals surface area contributed by atoms with Gasteiger partial charge in [0.2, 0.25) is 0 Å². The molecule has 4 aromatic rings. The summed E-state index contributed by atoms with van der Waals surface area (Å²) in [6, 6.07) is 18.6. The van der Waals surface area contributed by atoms with Crippen molar-refractivity contribution in [2.45, 2.75) is 19.3 Å². The monoisotopic (exact) mass is 426 g/mol. The molecule has 0 saturated carbocycles. The Hall–Kier alpha value is -3.81. The number of ether oxygens (including phenoxy) is 1. The van der Waals surface area contributed by atoms with Gasteiger partial charge in [-0.3, -0.25) is 0 Å². The number of hydrogen-bond acceptors (Lipinski definition) is 3. The van der Waals surface area contributed by atoms with Crippen LogP contribution in [0.15, 0.2) is 72.8 Å². The third-order valence-corrected chi connectivity index (χ3v) is 4.83. The number of fused-ring (bicyclic) bond motifs is 1. The number of rotatable bonds is 6. The molecular weight excluding hydrogens is 409 g/mol.